The molecule has 0 unspecified atom stereocenters. The van der Waals surface area contributed by atoms with Crippen LogP contribution in [0.5, 0.6) is 0 Å². The van der Waals surface area contributed by atoms with Crippen molar-refractivity contribution in [2.75, 3.05) is 11.5 Å². The third-order valence-electron chi connectivity index (χ3n) is 4.13. The van der Waals surface area contributed by atoms with Crippen LogP contribution in [-0.4, -0.2) is 32.4 Å². The second kappa shape index (κ2) is 5.19. The first-order valence-corrected chi connectivity index (χ1v) is 8.27. The first kappa shape index (κ1) is 12.4. The minimum atomic E-state index is 0.731. The molecule has 3 nitrogen and oxygen atoms in total. The van der Waals surface area contributed by atoms with Crippen LogP contribution in [0.2, 0.25) is 0 Å². The summed E-state index contributed by atoms with van der Waals surface area (Å²) in [4.78, 5) is 11.9. The number of hydrogen-bond donors (Lipinski definition) is 0. The molecule has 0 N–H and O–H groups in total. The van der Waals surface area contributed by atoms with Gasteiger partial charge in [0.15, 0.2) is 5.82 Å². The number of benzene rings is 1. The van der Waals surface area contributed by atoms with Crippen LogP contribution in [0.4, 0.5) is 0 Å². The molecule has 3 heterocycles. The molecule has 1 fully saturated rings. The van der Waals surface area contributed by atoms with Gasteiger partial charge in [0.05, 0.1) is 5.69 Å². The molecule has 0 bridgehead atoms. The molecular formula is C16H17N3S. The van der Waals surface area contributed by atoms with Gasteiger partial charge in [-0.3, -0.25) is 4.90 Å². The Kier molecular flexibility index (Phi) is 3.20. The fourth-order valence-electron chi connectivity index (χ4n) is 2.97. The van der Waals surface area contributed by atoms with Crippen molar-refractivity contribution in [3.63, 3.8) is 0 Å². The van der Waals surface area contributed by atoms with Gasteiger partial charge in [-0.2, -0.15) is 11.8 Å². The lowest BCUT2D eigenvalue weighted by atomic mass is 10.2. The van der Waals surface area contributed by atoms with Gasteiger partial charge in [0.25, 0.3) is 0 Å². The SMILES string of the molecule is c1ccc(-c2ncc3c(n2)CN([C@H]2CCSC2)C3)cc1. The molecule has 0 amide bonds. The first-order chi connectivity index (χ1) is 9.90. The molecule has 0 spiro atoms. The summed E-state index contributed by atoms with van der Waals surface area (Å²) in [5, 5.41) is 0. The van der Waals surface area contributed by atoms with Gasteiger partial charge in [0.2, 0.25) is 0 Å². The molecule has 1 saturated heterocycles. The Morgan fingerprint density at radius 1 is 1.15 bits per heavy atom. The molecule has 1 aromatic heterocycles. The average molecular weight is 283 g/mol. The van der Waals surface area contributed by atoms with E-state index in [4.69, 9.17) is 4.98 Å². The summed E-state index contributed by atoms with van der Waals surface area (Å²) >= 11 is 2.07. The summed E-state index contributed by atoms with van der Waals surface area (Å²) in [7, 11) is 0. The van der Waals surface area contributed by atoms with Crippen molar-refractivity contribution in [1.29, 1.82) is 0 Å². The van der Waals surface area contributed by atoms with Gasteiger partial charge < -0.3 is 0 Å². The molecule has 0 saturated carbocycles. The minimum absolute atomic E-state index is 0.731. The van der Waals surface area contributed by atoms with Crippen molar-refractivity contribution in [3.8, 4) is 11.4 Å². The Morgan fingerprint density at radius 3 is 2.85 bits per heavy atom. The molecular weight excluding hydrogens is 266 g/mol. The van der Waals surface area contributed by atoms with Crippen molar-refractivity contribution in [2.45, 2.75) is 25.6 Å². The van der Waals surface area contributed by atoms with Gasteiger partial charge in [-0.1, -0.05) is 30.3 Å². The van der Waals surface area contributed by atoms with Crippen molar-refractivity contribution >= 4 is 11.8 Å². The predicted molar refractivity (Wildman–Crippen MR) is 82.4 cm³/mol. The van der Waals surface area contributed by atoms with Crippen molar-refractivity contribution in [2.24, 2.45) is 0 Å². The largest absolute Gasteiger partial charge is 0.289 e. The van der Waals surface area contributed by atoms with E-state index in [0.717, 1.165) is 30.5 Å². The molecule has 4 heteroatoms. The smallest absolute Gasteiger partial charge is 0.159 e. The number of fused-ring (bicyclic) bond motifs is 1. The van der Waals surface area contributed by atoms with Gasteiger partial charge in [-0.25, -0.2) is 9.97 Å². The van der Waals surface area contributed by atoms with Crippen molar-refractivity contribution in [1.82, 2.24) is 14.9 Å². The molecule has 0 aliphatic carbocycles. The summed E-state index contributed by atoms with van der Waals surface area (Å²) in [6.07, 6.45) is 3.34. The summed E-state index contributed by atoms with van der Waals surface area (Å²) in [6, 6.07) is 11.0. The average Bonchev–Trinajstić information content (AvgIpc) is 3.16. The summed E-state index contributed by atoms with van der Waals surface area (Å²) in [6.45, 7) is 2.01. The minimum Gasteiger partial charge on any atom is -0.289 e. The Labute approximate surface area is 123 Å². The van der Waals surface area contributed by atoms with Crippen LogP contribution >= 0.6 is 11.8 Å². The van der Waals surface area contributed by atoms with E-state index in [1.165, 1.54) is 29.2 Å². The Morgan fingerprint density at radius 2 is 2.05 bits per heavy atom. The van der Waals surface area contributed by atoms with Crippen LogP contribution in [0.3, 0.4) is 0 Å². The van der Waals surface area contributed by atoms with Gasteiger partial charge in [0.1, 0.15) is 0 Å². The van der Waals surface area contributed by atoms with Gasteiger partial charge in [-0.15, -0.1) is 0 Å². The highest BCUT2D eigenvalue weighted by atomic mass is 32.2. The molecule has 20 heavy (non-hydrogen) atoms. The van der Waals surface area contributed by atoms with E-state index in [2.05, 4.69) is 33.8 Å². The van der Waals surface area contributed by atoms with Crippen LogP contribution < -0.4 is 0 Å². The lowest BCUT2D eigenvalue weighted by Crippen LogP contribution is -2.30. The maximum Gasteiger partial charge on any atom is 0.159 e. The van der Waals surface area contributed by atoms with Crippen molar-refractivity contribution in [3.05, 3.63) is 47.8 Å². The normalized spacial score (nSPS) is 22.1. The van der Waals surface area contributed by atoms with E-state index in [9.17, 15) is 0 Å². The molecule has 0 radical (unpaired) electrons. The van der Waals surface area contributed by atoms with Crippen LogP contribution in [0.15, 0.2) is 36.5 Å². The van der Waals surface area contributed by atoms with E-state index in [1.807, 2.05) is 24.4 Å². The van der Waals surface area contributed by atoms with E-state index in [0.29, 0.717) is 0 Å². The molecule has 1 atom stereocenters. The number of aromatic nitrogens is 2. The predicted octanol–water partition coefficient (Wildman–Crippen LogP) is 2.96. The fraction of sp³-hybridized carbons (Fsp3) is 0.375. The summed E-state index contributed by atoms with van der Waals surface area (Å²) < 4.78 is 0. The van der Waals surface area contributed by atoms with Crippen LogP contribution in [0, 0.1) is 0 Å². The van der Waals surface area contributed by atoms with E-state index in [-0.39, 0.29) is 0 Å². The number of thioether (sulfide) groups is 1. The highest BCUT2D eigenvalue weighted by Gasteiger charge is 2.29. The standard InChI is InChI=1S/C16H17N3S/c1-2-4-12(5-3-1)16-17-8-13-9-19(10-15(13)18-16)14-6-7-20-11-14/h1-5,8,14H,6-7,9-11H2/t14-/m0/s1. The highest BCUT2D eigenvalue weighted by molar-refractivity contribution is 7.99. The summed E-state index contributed by atoms with van der Waals surface area (Å²) in [5.74, 6) is 3.43. The van der Waals surface area contributed by atoms with Crippen LogP contribution in [0.25, 0.3) is 11.4 Å². The number of hydrogen-bond acceptors (Lipinski definition) is 4. The third-order valence-corrected chi connectivity index (χ3v) is 5.28. The second-order valence-electron chi connectivity index (χ2n) is 5.45. The third kappa shape index (κ3) is 2.23. The number of nitrogens with zero attached hydrogens (tertiary/aromatic N) is 3. The summed E-state index contributed by atoms with van der Waals surface area (Å²) in [5.41, 5.74) is 3.63. The van der Waals surface area contributed by atoms with Gasteiger partial charge in [0, 0.05) is 42.2 Å². The van der Waals surface area contributed by atoms with Crippen LogP contribution in [-0.2, 0) is 13.1 Å². The van der Waals surface area contributed by atoms with Crippen LogP contribution in [0.1, 0.15) is 17.7 Å². The van der Waals surface area contributed by atoms with E-state index >= 15 is 0 Å². The first-order valence-electron chi connectivity index (χ1n) is 7.12. The molecule has 2 aliphatic heterocycles. The van der Waals surface area contributed by atoms with E-state index in [1.54, 1.807) is 0 Å². The lowest BCUT2D eigenvalue weighted by molar-refractivity contribution is 0.216. The zero-order chi connectivity index (χ0) is 13.4. The highest BCUT2D eigenvalue weighted by Crippen LogP contribution is 2.30. The molecule has 2 aliphatic rings. The van der Waals surface area contributed by atoms with Gasteiger partial charge in [-0.05, 0) is 12.2 Å². The fourth-order valence-corrected chi connectivity index (χ4v) is 4.23. The van der Waals surface area contributed by atoms with Gasteiger partial charge >= 0.3 is 0 Å². The maximum absolute atomic E-state index is 4.79. The van der Waals surface area contributed by atoms with Crippen molar-refractivity contribution < 1.29 is 0 Å². The Balaban J connectivity index is 1.60. The molecule has 2 aromatic rings. The monoisotopic (exact) mass is 283 g/mol. The zero-order valence-corrected chi connectivity index (χ0v) is 12.1. The maximum atomic E-state index is 4.79. The Hall–Kier alpha value is -1.39. The zero-order valence-electron chi connectivity index (χ0n) is 11.3. The number of rotatable bonds is 2. The topological polar surface area (TPSA) is 29.0 Å². The second-order valence-corrected chi connectivity index (χ2v) is 6.60. The Bertz CT molecular complexity index is 608. The quantitative estimate of drug-likeness (QED) is 0.847. The van der Waals surface area contributed by atoms with E-state index < -0.39 is 0 Å². The molecule has 102 valence electrons. The lowest BCUT2D eigenvalue weighted by Gasteiger charge is -2.21. The molecule has 1 aromatic carbocycles. The molecule has 4 rings (SSSR count).